The van der Waals surface area contributed by atoms with E-state index >= 15 is 0 Å². The van der Waals surface area contributed by atoms with E-state index in [9.17, 15) is 5.11 Å². The molecule has 0 aliphatic heterocycles. The molecule has 1 N–H and O–H groups in total. The topological polar surface area (TPSA) is 20.2 Å². The van der Waals surface area contributed by atoms with Crippen LogP contribution in [0.2, 0.25) is 10.0 Å². The van der Waals surface area contributed by atoms with Crippen molar-refractivity contribution < 1.29 is 5.11 Å². The molecule has 0 radical (unpaired) electrons. The molecule has 1 nitrogen and oxygen atoms in total. The summed E-state index contributed by atoms with van der Waals surface area (Å²) in [6.45, 7) is 2.12. The van der Waals surface area contributed by atoms with Crippen LogP contribution in [0.3, 0.4) is 0 Å². The molecule has 0 amide bonds. The molecule has 88 valence electrons. The van der Waals surface area contributed by atoms with Gasteiger partial charge in [0, 0.05) is 0 Å². The normalized spacial score (nSPS) is 19.5. The van der Waals surface area contributed by atoms with Crippen LogP contribution in [0.25, 0.3) is 0 Å². The maximum Gasteiger partial charge on any atom is 0.0608 e. The average molecular weight is 259 g/mol. The minimum Gasteiger partial charge on any atom is -0.392 e. The van der Waals surface area contributed by atoms with Gasteiger partial charge < -0.3 is 5.11 Å². The monoisotopic (exact) mass is 258 g/mol. The second-order valence-electron chi connectivity index (χ2n) is 4.72. The Kier molecular flexibility index (Phi) is 3.78. The zero-order valence-corrected chi connectivity index (χ0v) is 10.8. The smallest absolute Gasteiger partial charge is 0.0608 e. The molecule has 3 heteroatoms. The number of aliphatic hydroxyl groups excluding tert-OH is 1. The Morgan fingerprint density at radius 1 is 1.31 bits per heavy atom. The summed E-state index contributed by atoms with van der Waals surface area (Å²) in [5.74, 6) is 1.10. The molecule has 0 heterocycles. The highest BCUT2D eigenvalue weighted by Crippen LogP contribution is 2.39. The molecular formula is C13H16Cl2O. The molecule has 1 aromatic rings. The summed E-state index contributed by atoms with van der Waals surface area (Å²) >= 11 is 11.8. The van der Waals surface area contributed by atoms with E-state index in [-0.39, 0.29) is 6.10 Å². The SMILES string of the molecule is CC(C(O)Cc1ccc(Cl)c(Cl)c1)C1CC1. The average Bonchev–Trinajstić information content (AvgIpc) is 3.06. The Morgan fingerprint density at radius 3 is 2.56 bits per heavy atom. The zero-order chi connectivity index (χ0) is 11.7. The standard InChI is InChI=1S/C13H16Cl2O/c1-8(10-3-4-10)13(16)7-9-2-5-11(14)12(15)6-9/h2,5-6,8,10,13,16H,3-4,7H2,1H3. The highest BCUT2D eigenvalue weighted by Gasteiger charge is 2.32. The van der Waals surface area contributed by atoms with E-state index in [1.54, 1.807) is 6.07 Å². The molecule has 1 fully saturated rings. The lowest BCUT2D eigenvalue weighted by atomic mass is 9.94. The summed E-state index contributed by atoms with van der Waals surface area (Å²) in [5.41, 5.74) is 1.05. The lowest BCUT2D eigenvalue weighted by Crippen LogP contribution is -2.21. The predicted molar refractivity (Wildman–Crippen MR) is 68.1 cm³/mol. The minimum atomic E-state index is -0.273. The van der Waals surface area contributed by atoms with Gasteiger partial charge in [0.2, 0.25) is 0 Å². The van der Waals surface area contributed by atoms with Gasteiger partial charge in [-0.25, -0.2) is 0 Å². The van der Waals surface area contributed by atoms with E-state index in [0.29, 0.717) is 22.4 Å². The Morgan fingerprint density at radius 2 is 2.00 bits per heavy atom. The molecule has 0 saturated heterocycles. The summed E-state index contributed by atoms with van der Waals surface area (Å²) in [4.78, 5) is 0. The van der Waals surface area contributed by atoms with E-state index < -0.39 is 0 Å². The molecule has 2 unspecified atom stereocenters. The van der Waals surface area contributed by atoms with Crippen LogP contribution < -0.4 is 0 Å². The number of hydrogen-bond acceptors (Lipinski definition) is 1. The summed E-state index contributed by atoms with van der Waals surface area (Å²) in [6.07, 6.45) is 2.91. The molecule has 1 aliphatic carbocycles. The first-order valence-corrected chi connectivity index (χ1v) is 6.45. The van der Waals surface area contributed by atoms with E-state index in [1.807, 2.05) is 12.1 Å². The maximum atomic E-state index is 10.1. The maximum absolute atomic E-state index is 10.1. The van der Waals surface area contributed by atoms with Gasteiger partial charge in [-0.3, -0.25) is 0 Å². The fourth-order valence-corrected chi connectivity index (χ4v) is 2.35. The molecule has 0 spiro atoms. The van der Waals surface area contributed by atoms with Crippen molar-refractivity contribution in [2.75, 3.05) is 0 Å². The quantitative estimate of drug-likeness (QED) is 0.868. The molecule has 16 heavy (non-hydrogen) atoms. The molecule has 2 atom stereocenters. The highest BCUT2D eigenvalue weighted by atomic mass is 35.5. The Bertz CT molecular complexity index is 374. The summed E-state index contributed by atoms with van der Waals surface area (Å²) < 4.78 is 0. The third kappa shape index (κ3) is 2.91. The Labute approximate surface area is 106 Å². The largest absolute Gasteiger partial charge is 0.392 e. The van der Waals surface area contributed by atoms with Gasteiger partial charge >= 0.3 is 0 Å². The second kappa shape index (κ2) is 4.95. The van der Waals surface area contributed by atoms with Crippen LogP contribution in [0.15, 0.2) is 18.2 Å². The third-order valence-corrected chi connectivity index (χ3v) is 4.14. The predicted octanol–water partition coefficient (Wildman–Crippen LogP) is 3.94. The number of hydrogen-bond donors (Lipinski definition) is 1. The van der Waals surface area contributed by atoms with Crippen LogP contribution in [0.1, 0.15) is 25.3 Å². The van der Waals surface area contributed by atoms with Crippen molar-refractivity contribution in [3.63, 3.8) is 0 Å². The second-order valence-corrected chi connectivity index (χ2v) is 5.53. The van der Waals surface area contributed by atoms with E-state index in [0.717, 1.165) is 11.5 Å². The molecule has 1 saturated carbocycles. The summed E-state index contributed by atoms with van der Waals surface area (Å²) in [6, 6.07) is 5.55. The highest BCUT2D eigenvalue weighted by molar-refractivity contribution is 6.42. The molecule has 0 aromatic heterocycles. The van der Waals surface area contributed by atoms with Gasteiger partial charge in [0.05, 0.1) is 16.1 Å². The van der Waals surface area contributed by atoms with Crippen molar-refractivity contribution in [3.8, 4) is 0 Å². The van der Waals surface area contributed by atoms with Gasteiger partial charge in [0.25, 0.3) is 0 Å². The molecule has 1 aliphatic rings. The fraction of sp³-hybridized carbons (Fsp3) is 0.538. The lowest BCUT2D eigenvalue weighted by Gasteiger charge is -2.18. The van der Waals surface area contributed by atoms with Gasteiger partial charge in [-0.05, 0) is 48.8 Å². The molecular weight excluding hydrogens is 243 g/mol. The Balaban J connectivity index is 1.99. The van der Waals surface area contributed by atoms with Crippen molar-refractivity contribution in [1.29, 1.82) is 0 Å². The number of aliphatic hydroxyl groups is 1. The first kappa shape index (κ1) is 12.2. The first-order chi connectivity index (χ1) is 7.58. The fourth-order valence-electron chi connectivity index (χ4n) is 2.03. The van der Waals surface area contributed by atoms with Gasteiger partial charge in [-0.1, -0.05) is 36.2 Å². The zero-order valence-electron chi connectivity index (χ0n) is 9.29. The van der Waals surface area contributed by atoms with Crippen LogP contribution in [0.5, 0.6) is 0 Å². The minimum absolute atomic E-state index is 0.273. The van der Waals surface area contributed by atoms with Crippen molar-refractivity contribution in [1.82, 2.24) is 0 Å². The van der Waals surface area contributed by atoms with Gasteiger partial charge in [-0.15, -0.1) is 0 Å². The van der Waals surface area contributed by atoms with E-state index in [1.165, 1.54) is 12.8 Å². The number of halogens is 2. The van der Waals surface area contributed by atoms with Crippen LogP contribution >= 0.6 is 23.2 Å². The molecule has 0 bridgehead atoms. The summed E-state index contributed by atoms with van der Waals surface area (Å²) in [5, 5.41) is 11.2. The van der Waals surface area contributed by atoms with Gasteiger partial charge in [-0.2, -0.15) is 0 Å². The van der Waals surface area contributed by atoms with Crippen molar-refractivity contribution >= 4 is 23.2 Å². The number of rotatable bonds is 4. The first-order valence-electron chi connectivity index (χ1n) is 5.70. The van der Waals surface area contributed by atoms with Crippen molar-refractivity contribution in [3.05, 3.63) is 33.8 Å². The van der Waals surface area contributed by atoms with Crippen LogP contribution in [-0.4, -0.2) is 11.2 Å². The Hall–Kier alpha value is -0.240. The van der Waals surface area contributed by atoms with E-state index in [4.69, 9.17) is 23.2 Å². The van der Waals surface area contributed by atoms with Crippen molar-refractivity contribution in [2.45, 2.75) is 32.3 Å². The van der Waals surface area contributed by atoms with E-state index in [2.05, 4.69) is 6.92 Å². The third-order valence-electron chi connectivity index (χ3n) is 3.40. The van der Waals surface area contributed by atoms with Crippen molar-refractivity contribution in [2.24, 2.45) is 11.8 Å². The molecule has 2 rings (SSSR count). The lowest BCUT2D eigenvalue weighted by molar-refractivity contribution is 0.105. The van der Waals surface area contributed by atoms with Crippen LogP contribution in [0, 0.1) is 11.8 Å². The van der Waals surface area contributed by atoms with Gasteiger partial charge in [0.15, 0.2) is 0 Å². The van der Waals surface area contributed by atoms with Gasteiger partial charge in [0.1, 0.15) is 0 Å². The molecule has 1 aromatic carbocycles. The summed E-state index contributed by atoms with van der Waals surface area (Å²) in [7, 11) is 0. The van der Waals surface area contributed by atoms with Crippen LogP contribution in [0.4, 0.5) is 0 Å². The number of benzene rings is 1. The van der Waals surface area contributed by atoms with Crippen LogP contribution in [-0.2, 0) is 6.42 Å².